The Kier molecular flexibility index (Phi) is 8.15. The van der Waals surface area contributed by atoms with Crippen LogP contribution in [0.1, 0.15) is 65.1 Å². The Balaban J connectivity index is 1.37. The third-order valence-corrected chi connectivity index (χ3v) is 9.54. The summed E-state index contributed by atoms with van der Waals surface area (Å²) >= 11 is 0. The first-order valence-corrected chi connectivity index (χ1v) is 15.9. The van der Waals surface area contributed by atoms with E-state index < -0.39 is 5.97 Å². The van der Waals surface area contributed by atoms with Crippen LogP contribution in [-0.4, -0.2) is 67.1 Å². The predicted octanol–water partition coefficient (Wildman–Crippen LogP) is 7.33. The van der Waals surface area contributed by atoms with E-state index >= 15 is 0 Å². The summed E-state index contributed by atoms with van der Waals surface area (Å²) < 4.78 is 20.0. The topological polar surface area (TPSA) is 73.2 Å². The maximum absolute atomic E-state index is 12.1. The zero-order valence-electron chi connectivity index (χ0n) is 25.4. The molecular formula is C37H40N2O5. The number of carbonyl (C=O) groups is 1. The molecule has 0 amide bonds. The number of hydrogen-bond acceptors (Lipinski definition) is 5. The summed E-state index contributed by atoms with van der Waals surface area (Å²) in [6, 6.07) is 20.3. The lowest BCUT2D eigenvalue weighted by molar-refractivity contribution is 0.0322. The number of fused-ring (bicyclic) bond motifs is 5. The molecule has 7 rings (SSSR count). The number of rotatable bonds is 8. The van der Waals surface area contributed by atoms with Crippen LogP contribution < -0.4 is 9.47 Å². The van der Waals surface area contributed by atoms with Crippen molar-refractivity contribution in [1.82, 2.24) is 9.47 Å². The standard InChI is InChI=1S/C37H40N2O5/c1-42-29-12-14-31-27(22-29)21-28(30-9-5-6-10-34(30)44-20-17-38-15-18-43-19-16-38)24-39-33-23-26(37(40)41)11-13-32(33)35(36(31)39)25-7-3-2-4-8-25/h5-6,9-14,21-23,25H,2-4,7-8,15-20,24H2,1H3,(H,40,41). The molecule has 4 aromatic rings. The minimum Gasteiger partial charge on any atom is -0.497 e. The van der Waals surface area contributed by atoms with Crippen LogP contribution in [0.3, 0.4) is 0 Å². The van der Waals surface area contributed by atoms with Gasteiger partial charge in [0.25, 0.3) is 0 Å². The van der Waals surface area contributed by atoms with E-state index in [1.54, 1.807) is 13.2 Å². The smallest absolute Gasteiger partial charge is 0.335 e. The van der Waals surface area contributed by atoms with Crippen LogP contribution in [0, 0.1) is 0 Å². The van der Waals surface area contributed by atoms with Crippen LogP contribution in [-0.2, 0) is 11.3 Å². The molecule has 2 fully saturated rings. The Bertz CT molecular complexity index is 1710. The second kappa shape index (κ2) is 12.5. The number of allylic oxidation sites excluding steroid dienone is 1. The zero-order chi connectivity index (χ0) is 30.0. The molecule has 228 valence electrons. The number of carboxylic acid groups (broad SMARTS) is 1. The summed E-state index contributed by atoms with van der Waals surface area (Å²) in [4.78, 5) is 14.5. The van der Waals surface area contributed by atoms with Gasteiger partial charge >= 0.3 is 5.97 Å². The largest absolute Gasteiger partial charge is 0.497 e. The first-order valence-electron chi connectivity index (χ1n) is 15.9. The number of methoxy groups -OCH3 is 1. The van der Waals surface area contributed by atoms with Gasteiger partial charge in [0.1, 0.15) is 18.1 Å². The first kappa shape index (κ1) is 28.7. The molecule has 7 heteroatoms. The summed E-state index contributed by atoms with van der Waals surface area (Å²) in [5.41, 5.74) is 8.25. The number of morpholine rings is 1. The van der Waals surface area contributed by atoms with Crippen LogP contribution in [0.5, 0.6) is 11.5 Å². The quantitative estimate of drug-likeness (QED) is 0.231. The van der Waals surface area contributed by atoms with Gasteiger partial charge < -0.3 is 23.9 Å². The number of ether oxygens (including phenoxy) is 3. The molecule has 3 aliphatic rings. The van der Waals surface area contributed by atoms with Gasteiger partial charge in [-0.2, -0.15) is 0 Å². The van der Waals surface area contributed by atoms with Gasteiger partial charge in [-0.25, -0.2) is 4.79 Å². The van der Waals surface area contributed by atoms with Crippen molar-refractivity contribution in [2.45, 2.75) is 44.6 Å². The number of hydrogen-bond donors (Lipinski definition) is 1. The molecule has 1 aliphatic carbocycles. The number of carboxylic acids is 1. The van der Waals surface area contributed by atoms with E-state index in [1.165, 1.54) is 30.5 Å². The van der Waals surface area contributed by atoms with E-state index in [9.17, 15) is 9.90 Å². The number of nitrogens with zero attached hydrogens (tertiary/aromatic N) is 2. The highest BCUT2D eigenvalue weighted by atomic mass is 16.5. The monoisotopic (exact) mass is 592 g/mol. The van der Waals surface area contributed by atoms with Crippen molar-refractivity contribution in [2.75, 3.05) is 46.6 Å². The SMILES string of the molecule is COc1ccc2c(c1)C=C(c1ccccc1OCCN1CCOCC1)Cn1c-2c(C2CCCCC2)c2ccc(C(=O)O)cc21. The first-order chi connectivity index (χ1) is 21.6. The van der Waals surface area contributed by atoms with Gasteiger partial charge in [-0.3, -0.25) is 4.90 Å². The highest BCUT2D eigenvalue weighted by molar-refractivity contribution is 6.01. The van der Waals surface area contributed by atoms with E-state index in [0.29, 0.717) is 24.6 Å². The molecule has 1 saturated heterocycles. The third-order valence-electron chi connectivity index (χ3n) is 9.54. The molecule has 2 aliphatic heterocycles. The van der Waals surface area contributed by atoms with Crippen molar-refractivity contribution in [2.24, 2.45) is 0 Å². The van der Waals surface area contributed by atoms with E-state index in [4.69, 9.17) is 14.2 Å². The Hall–Kier alpha value is -4.07. The number of benzene rings is 3. The minimum absolute atomic E-state index is 0.310. The molecule has 0 spiro atoms. The summed E-state index contributed by atoms with van der Waals surface area (Å²) in [6.07, 6.45) is 8.29. The fourth-order valence-corrected chi connectivity index (χ4v) is 7.31. The molecule has 1 aromatic heterocycles. The zero-order valence-corrected chi connectivity index (χ0v) is 25.4. The molecule has 0 radical (unpaired) electrons. The molecule has 0 unspecified atom stereocenters. The summed E-state index contributed by atoms with van der Waals surface area (Å²) in [7, 11) is 1.71. The Morgan fingerprint density at radius 3 is 2.59 bits per heavy atom. The average molecular weight is 593 g/mol. The van der Waals surface area contributed by atoms with Crippen LogP contribution in [0.2, 0.25) is 0 Å². The van der Waals surface area contributed by atoms with Crippen molar-refractivity contribution < 1.29 is 24.1 Å². The van der Waals surface area contributed by atoms with Crippen molar-refractivity contribution in [3.63, 3.8) is 0 Å². The molecule has 1 N–H and O–H groups in total. The average Bonchev–Trinajstić information content (AvgIpc) is 3.28. The molecule has 44 heavy (non-hydrogen) atoms. The van der Waals surface area contributed by atoms with E-state index in [-0.39, 0.29) is 0 Å². The van der Waals surface area contributed by atoms with E-state index in [2.05, 4.69) is 45.9 Å². The lowest BCUT2D eigenvalue weighted by Crippen LogP contribution is -2.38. The normalized spacial score (nSPS) is 17.4. The fourth-order valence-electron chi connectivity index (χ4n) is 7.31. The number of aromatic nitrogens is 1. The Labute approximate surface area is 258 Å². The summed E-state index contributed by atoms with van der Waals surface area (Å²) in [6.45, 7) is 5.45. The van der Waals surface area contributed by atoms with Gasteiger partial charge in [-0.05, 0) is 77.9 Å². The Morgan fingerprint density at radius 1 is 0.977 bits per heavy atom. The van der Waals surface area contributed by atoms with Crippen molar-refractivity contribution in [1.29, 1.82) is 0 Å². The highest BCUT2D eigenvalue weighted by Gasteiger charge is 2.30. The molecule has 1 saturated carbocycles. The van der Waals surface area contributed by atoms with Crippen molar-refractivity contribution in [3.05, 3.63) is 82.9 Å². The van der Waals surface area contributed by atoms with Crippen LogP contribution in [0.15, 0.2) is 60.7 Å². The number of aromatic carboxylic acids is 1. The minimum atomic E-state index is -0.907. The fraction of sp³-hybridized carbons (Fsp3) is 0.378. The van der Waals surface area contributed by atoms with E-state index in [1.807, 2.05) is 24.3 Å². The summed E-state index contributed by atoms with van der Waals surface area (Å²) in [5.74, 6) is 1.20. The Morgan fingerprint density at radius 2 is 1.80 bits per heavy atom. The van der Waals surface area contributed by atoms with Gasteiger partial charge in [-0.1, -0.05) is 43.5 Å². The van der Waals surface area contributed by atoms with Gasteiger partial charge in [0.15, 0.2) is 0 Å². The molecular weight excluding hydrogens is 552 g/mol. The maximum Gasteiger partial charge on any atom is 0.335 e. The van der Waals surface area contributed by atoms with Gasteiger partial charge in [0, 0.05) is 48.2 Å². The lowest BCUT2D eigenvalue weighted by Gasteiger charge is -2.26. The van der Waals surface area contributed by atoms with Crippen molar-refractivity contribution in [3.8, 4) is 22.8 Å². The summed E-state index contributed by atoms with van der Waals surface area (Å²) in [5, 5.41) is 11.1. The molecule has 3 heterocycles. The van der Waals surface area contributed by atoms with Crippen LogP contribution in [0.25, 0.3) is 33.8 Å². The second-order valence-electron chi connectivity index (χ2n) is 12.1. The maximum atomic E-state index is 12.1. The highest BCUT2D eigenvalue weighted by Crippen LogP contribution is 2.48. The van der Waals surface area contributed by atoms with Gasteiger partial charge in [0.2, 0.25) is 0 Å². The third kappa shape index (κ3) is 5.51. The molecule has 0 bridgehead atoms. The van der Waals surface area contributed by atoms with Crippen molar-refractivity contribution >= 4 is 28.5 Å². The van der Waals surface area contributed by atoms with E-state index in [0.717, 1.165) is 90.4 Å². The van der Waals surface area contributed by atoms with Gasteiger partial charge in [-0.15, -0.1) is 0 Å². The molecule has 3 aromatic carbocycles. The second-order valence-corrected chi connectivity index (χ2v) is 12.1. The molecule has 7 nitrogen and oxygen atoms in total. The van der Waals surface area contributed by atoms with Gasteiger partial charge in [0.05, 0.1) is 31.6 Å². The van der Waals surface area contributed by atoms with Crippen LogP contribution >= 0.6 is 0 Å². The lowest BCUT2D eigenvalue weighted by atomic mass is 9.81. The predicted molar refractivity (Wildman–Crippen MR) is 174 cm³/mol. The molecule has 0 atom stereocenters. The number of para-hydroxylation sites is 1. The van der Waals surface area contributed by atoms with Crippen LogP contribution in [0.4, 0.5) is 0 Å².